The summed E-state index contributed by atoms with van der Waals surface area (Å²) in [4.78, 5) is 0.644. The van der Waals surface area contributed by atoms with Crippen molar-refractivity contribution in [2.24, 2.45) is 0 Å². The second kappa shape index (κ2) is 10.5. The molecule has 0 saturated heterocycles. The number of hydrogen-bond acceptors (Lipinski definition) is 3. The molecule has 3 aromatic rings. The van der Waals surface area contributed by atoms with Crippen molar-refractivity contribution in [1.29, 1.82) is 0 Å². The maximum atomic E-state index is 5.95. The van der Waals surface area contributed by atoms with Crippen LogP contribution in [0.5, 0.6) is 11.5 Å². The molecule has 0 radical (unpaired) electrons. The van der Waals surface area contributed by atoms with E-state index in [1.54, 1.807) is 0 Å². The molecule has 0 aromatic heterocycles. The number of thiocarbonyl (C=S) groups is 1. The van der Waals surface area contributed by atoms with Crippen molar-refractivity contribution >= 4 is 40.4 Å². The highest BCUT2D eigenvalue weighted by molar-refractivity contribution is 7.80. The number of halogens is 2. The third kappa shape index (κ3) is 6.36. The summed E-state index contributed by atoms with van der Waals surface area (Å²) >= 11 is 17.4. The molecule has 3 aromatic carbocycles. The van der Waals surface area contributed by atoms with E-state index >= 15 is 0 Å². The van der Waals surface area contributed by atoms with Gasteiger partial charge >= 0.3 is 0 Å². The van der Waals surface area contributed by atoms with Crippen molar-refractivity contribution in [3.8, 4) is 11.5 Å². The largest absolute Gasteiger partial charge is 0.490 e. The summed E-state index contributed by atoms with van der Waals surface area (Å²) in [6, 6.07) is 20.9. The van der Waals surface area contributed by atoms with Gasteiger partial charge in [-0.2, -0.15) is 0 Å². The first kappa shape index (κ1) is 21.4. The maximum Gasteiger partial charge on any atom is 0.161 e. The number of nitrogens with one attached hydrogen (secondary N) is 1. The third-order valence-electron chi connectivity index (χ3n) is 4.18. The lowest BCUT2D eigenvalue weighted by Gasteiger charge is -2.15. The Morgan fingerprint density at radius 3 is 2.07 bits per heavy atom. The molecule has 1 N–H and O–H groups in total. The van der Waals surface area contributed by atoms with E-state index in [1.165, 1.54) is 0 Å². The molecular weight excluding hydrogens is 425 g/mol. The minimum absolute atomic E-state index is 0.426. The Kier molecular flexibility index (Phi) is 7.76. The van der Waals surface area contributed by atoms with E-state index in [4.69, 9.17) is 44.9 Å². The highest BCUT2D eigenvalue weighted by atomic mass is 35.5. The molecule has 0 heterocycles. The van der Waals surface area contributed by atoms with Crippen LogP contribution in [0.15, 0.2) is 66.7 Å². The van der Waals surface area contributed by atoms with Gasteiger partial charge in [-0.15, -0.1) is 0 Å². The van der Waals surface area contributed by atoms with Gasteiger partial charge in [-0.05, 0) is 60.5 Å². The quantitative estimate of drug-likeness (QED) is 0.404. The first-order chi connectivity index (χ1) is 14.0. The molecule has 0 unspecified atom stereocenters. The summed E-state index contributed by atoms with van der Waals surface area (Å²) in [5.74, 6) is 1.33. The van der Waals surface area contributed by atoms with Crippen molar-refractivity contribution in [3.63, 3.8) is 0 Å². The average molecular weight is 446 g/mol. The minimum Gasteiger partial charge on any atom is -0.490 e. The van der Waals surface area contributed by atoms with E-state index in [-0.39, 0.29) is 0 Å². The van der Waals surface area contributed by atoms with Gasteiger partial charge < -0.3 is 14.8 Å². The van der Waals surface area contributed by atoms with Gasteiger partial charge in [-0.3, -0.25) is 0 Å². The van der Waals surface area contributed by atoms with E-state index in [1.807, 2.05) is 73.7 Å². The highest BCUT2D eigenvalue weighted by Crippen LogP contribution is 2.29. The predicted octanol–water partition coefficient (Wildman–Crippen LogP) is 6.44. The molecule has 29 heavy (non-hydrogen) atoms. The lowest BCUT2D eigenvalue weighted by molar-refractivity contribution is 0.269. The van der Waals surface area contributed by atoms with Crippen LogP contribution in [-0.4, -0.2) is 11.6 Å². The molecule has 0 aliphatic heterocycles. The standard InChI is InChI=1S/C23H21Cl2NO2S/c1-2-27-22-13-18(23(29)26-14-16-3-8-19(24)9-4-16)7-12-21(22)28-15-17-5-10-20(25)11-6-17/h3-13H,2,14-15H2,1H3,(H,26,29). The molecule has 0 fully saturated rings. The zero-order chi connectivity index (χ0) is 20.6. The van der Waals surface area contributed by atoms with Gasteiger partial charge in [0.05, 0.1) is 6.61 Å². The Bertz CT molecular complexity index is 960. The lowest BCUT2D eigenvalue weighted by Crippen LogP contribution is -2.21. The number of rotatable bonds is 8. The summed E-state index contributed by atoms with van der Waals surface area (Å²) in [7, 11) is 0. The number of benzene rings is 3. The van der Waals surface area contributed by atoms with E-state index in [2.05, 4.69) is 5.32 Å². The molecular formula is C23H21Cl2NO2S. The van der Waals surface area contributed by atoms with E-state index in [0.717, 1.165) is 16.7 Å². The van der Waals surface area contributed by atoms with Crippen LogP contribution in [0.1, 0.15) is 23.6 Å². The molecule has 0 bridgehead atoms. The molecule has 0 spiro atoms. The molecule has 150 valence electrons. The van der Waals surface area contributed by atoms with Crippen LogP contribution in [0, 0.1) is 0 Å². The maximum absolute atomic E-state index is 5.95. The molecule has 0 amide bonds. The fourth-order valence-electron chi connectivity index (χ4n) is 2.67. The van der Waals surface area contributed by atoms with Gasteiger partial charge in [0.1, 0.15) is 11.6 Å². The van der Waals surface area contributed by atoms with Crippen molar-refractivity contribution in [3.05, 3.63) is 93.5 Å². The Morgan fingerprint density at radius 1 is 0.828 bits per heavy atom. The topological polar surface area (TPSA) is 30.5 Å². The van der Waals surface area contributed by atoms with Crippen LogP contribution in [0.25, 0.3) is 0 Å². The Labute approximate surface area is 186 Å². The Hall–Kier alpha value is -2.27. The first-order valence-corrected chi connectivity index (χ1v) is 10.4. The van der Waals surface area contributed by atoms with Gasteiger partial charge in [-0.25, -0.2) is 0 Å². The normalized spacial score (nSPS) is 10.4. The van der Waals surface area contributed by atoms with Gasteiger partial charge in [0.2, 0.25) is 0 Å². The third-order valence-corrected chi connectivity index (χ3v) is 5.06. The van der Waals surface area contributed by atoms with Crippen LogP contribution < -0.4 is 14.8 Å². The zero-order valence-corrected chi connectivity index (χ0v) is 18.3. The second-order valence-electron chi connectivity index (χ2n) is 6.32. The number of hydrogen-bond donors (Lipinski definition) is 1. The summed E-state index contributed by atoms with van der Waals surface area (Å²) < 4.78 is 11.7. The van der Waals surface area contributed by atoms with Gasteiger partial charge in [-0.1, -0.05) is 59.7 Å². The highest BCUT2D eigenvalue weighted by Gasteiger charge is 2.10. The SMILES string of the molecule is CCOc1cc(C(=S)NCc2ccc(Cl)cc2)ccc1OCc1ccc(Cl)cc1. The van der Waals surface area contributed by atoms with Crippen LogP contribution in [0.4, 0.5) is 0 Å². The molecule has 0 atom stereocenters. The summed E-state index contributed by atoms with van der Waals surface area (Å²) in [6.07, 6.45) is 0. The Balaban J connectivity index is 1.66. The van der Waals surface area contributed by atoms with Crippen LogP contribution in [-0.2, 0) is 13.2 Å². The smallest absolute Gasteiger partial charge is 0.161 e. The van der Waals surface area contributed by atoms with Gasteiger partial charge in [0.15, 0.2) is 11.5 Å². The van der Waals surface area contributed by atoms with Gasteiger partial charge in [0, 0.05) is 22.2 Å². The summed E-state index contributed by atoms with van der Waals surface area (Å²) in [5.41, 5.74) is 3.00. The molecule has 6 heteroatoms. The lowest BCUT2D eigenvalue weighted by atomic mass is 10.1. The summed E-state index contributed by atoms with van der Waals surface area (Å²) in [6.45, 7) is 3.52. The van der Waals surface area contributed by atoms with E-state index < -0.39 is 0 Å². The van der Waals surface area contributed by atoms with Crippen LogP contribution in [0.2, 0.25) is 10.0 Å². The monoisotopic (exact) mass is 445 g/mol. The van der Waals surface area contributed by atoms with E-state index in [9.17, 15) is 0 Å². The summed E-state index contributed by atoms with van der Waals surface area (Å²) in [5, 5.41) is 4.68. The molecule has 0 saturated carbocycles. The van der Waals surface area contributed by atoms with Crippen LogP contribution >= 0.6 is 35.4 Å². The number of ether oxygens (including phenoxy) is 2. The molecule has 3 rings (SSSR count). The fourth-order valence-corrected chi connectivity index (χ4v) is 3.12. The van der Waals surface area contributed by atoms with Crippen molar-refractivity contribution in [2.75, 3.05) is 6.61 Å². The molecule has 3 nitrogen and oxygen atoms in total. The second-order valence-corrected chi connectivity index (χ2v) is 7.60. The van der Waals surface area contributed by atoms with E-state index in [0.29, 0.717) is 46.3 Å². The average Bonchev–Trinajstić information content (AvgIpc) is 2.73. The first-order valence-electron chi connectivity index (χ1n) is 9.22. The molecule has 0 aliphatic carbocycles. The zero-order valence-electron chi connectivity index (χ0n) is 16.0. The Morgan fingerprint density at radius 2 is 1.45 bits per heavy atom. The predicted molar refractivity (Wildman–Crippen MR) is 123 cm³/mol. The molecule has 0 aliphatic rings. The van der Waals surface area contributed by atoms with Gasteiger partial charge in [0.25, 0.3) is 0 Å². The van der Waals surface area contributed by atoms with Crippen molar-refractivity contribution < 1.29 is 9.47 Å². The minimum atomic E-state index is 0.426. The van der Waals surface area contributed by atoms with Crippen molar-refractivity contribution in [1.82, 2.24) is 5.32 Å². The van der Waals surface area contributed by atoms with Crippen molar-refractivity contribution in [2.45, 2.75) is 20.1 Å². The fraction of sp³-hybridized carbons (Fsp3) is 0.174. The van der Waals surface area contributed by atoms with Crippen LogP contribution in [0.3, 0.4) is 0 Å².